The third kappa shape index (κ3) is 7.94. The van der Waals surface area contributed by atoms with Crippen molar-refractivity contribution in [1.29, 1.82) is 0 Å². The SMILES string of the molecule is CN(Cc1ccc(OC(F)(F)F)cc1)C(=O)CCCOc1ccc(S(C)(=O)=O)cc1. The fourth-order valence-electron chi connectivity index (χ4n) is 2.55. The number of nitrogens with zero attached hydrogens (tertiary/aromatic N) is 1. The summed E-state index contributed by atoms with van der Waals surface area (Å²) in [6, 6.07) is 11.3. The Bertz CT molecular complexity index is 942. The van der Waals surface area contributed by atoms with E-state index >= 15 is 0 Å². The summed E-state index contributed by atoms with van der Waals surface area (Å²) in [6.07, 6.45) is -2.94. The normalized spacial score (nSPS) is 11.8. The molecule has 0 aromatic heterocycles. The maximum atomic E-state index is 12.2. The van der Waals surface area contributed by atoms with Crippen LogP contribution >= 0.6 is 0 Å². The number of amides is 1. The first kappa shape index (κ1) is 23.5. The molecule has 0 heterocycles. The first-order chi connectivity index (χ1) is 13.9. The predicted octanol–water partition coefficient (Wildman–Crippen LogP) is 3.81. The lowest BCUT2D eigenvalue weighted by atomic mass is 10.2. The second kappa shape index (κ2) is 9.84. The van der Waals surface area contributed by atoms with E-state index in [2.05, 4.69) is 4.74 Å². The molecule has 0 spiro atoms. The summed E-state index contributed by atoms with van der Waals surface area (Å²) >= 11 is 0. The number of ether oxygens (including phenoxy) is 2. The van der Waals surface area contributed by atoms with Gasteiger partial charge in [-0.05, 0) is 48.4 Å². The van der Waals surface area contributed by atoms with Crippen molar-refractivity contribution in [1.82, 2.24) is 4.90 Å². The van der Waals surface area contributed by atoms with Crippen LogP contribution < -0.4 is 9.47 Å². The van der Waals surface area contributed by atoms with Crippen LogP contribution in [0.25, 0.3) is 0 Å². The zero-order chi connectivity index (χ0) is 22.4. The Morgan fingerprint density at radius 2 is 1.57 bits per heavy atom. The van der Waals surface area contributed by atoms with Crippen LogP contribution in [-0.2, 0) is 21.2 Å². The summed E-state index contributed by atoms with van der Waals surface area (Å²) < 4.78 is 68.6. The van der Waals surface area contributed by atoms with Crippen molar-refractivity contribution in [3.8, 4) is 11.5 Å². The molecule has 0 unspecified atom stereocenters. The van der Waals surface area contributed by atoms with Gasteiger partial charge in [-0.3, -0.25) is 4.79 Å². The van der Waals surface area contributed by atoms with E-state index < -0.39 is 16.2 Å². The highest BCUT2D eigenvalue weighted by Gasteiger charge is 2.30. The van der Waals surface area contributed by atoms with Gasteiger partial charge < -0.3 is 14.4 Å². The van der Waals surface area contributed by atoms with E-state index in [4.69, 9.17) is 4.74 Å². The average Bonchev–Trinajstić information content (AvgIpc) is 2.65. The van der Waals surface area contributed by atoms with Crippen molar-refractivity contribution in [3.05, 3.63) is 54.1 Å². The molecular weight excluding hydrogens is 423 g/mol. The van der Waals surface area contributed by atoms with Crippen LogP contribution in [0.15, 0.2) is 53.4 Å². The minimum atomic E-state index is -4.74. The van der Waals surface area contributed by atoms with Gasteiger partial charge in [0.05, 0.1) is 11.5 Å². The Labute approximate surface area is 173 Å². The van der Waals surface area contributed by atoms with E-state index in [1.165, 1.54) is 41.3 Å². The second-order valence-corrected chi connectivity index (χ2v) is 8.65. The molecule has 0 atom stereocenters. The third-order valence-corrected chi connectivity index (χ3v) is 5.19. The van der Waals surface area contributed by atoms with E-state index in [0.29, 0.717) is 17.7 Å². The fourth-order valence-corrected chi connectivity index (χ4v) is 3.18. The number of carbonyl (C=O) groups is 1. The highest BCUT2D eigenvalue weighted by atomic mass is 32.2. The van der Waals surface area contributed by atoms with Gasteiger partial charge >= 0.3 is 6.36 Å². The number of rotatable bonds is 9. The van der Waals surface area contributed by atoms with Gasteiger partial charge in [-0.2, -0.15) is 0 Å². The molecule has 30 heavy (non-hydrogen) atoms. The van der Waals surface area contributed by atoms with Crippen molar-refractivity contribution >= 4 is 15.7 Å². The van der Waals surface area contributed by atoms with Gasteiger partial charge in [0.25, 0.3) is 0 Å². The Hall–Kier alpha value is -2.75. The van der Waals surface area contributed by atoms with E-state index in [1.54, 1.807) is 19.2 Å². The molecule has 2 rings (SSSR count). The summed E-state index contributed by atoms with van der Waals surface area (Å²) in [7, 11) is -1.66. The number of carbonyl (C=O) groups excluding carboxylic acids is 1. The van der Waals surface area contributed by atoms with E-state index in [0.717, 1.165) is 6.26 Å². The first-order valence-corrected chi connectivity index (χ1v) is 10.8. The van der Waals surface area contributed by atoms with Gasteiger partial charge in [-0.15, -0.1) is 13.2 Å². The predicted molar refractivity (Wildman–Crippen MR) is 104 cm³/mol. The van der Waals surface area contributed by atoms with Crippen LogP contribution in [0.5, 0.6) is 11.5 Å². The molecule has 0 bridgehead atoms. The monoisotopic (exact) mass is 445 g/mol. The lowest BCUT2D eigenvalue weighted by Crippen LogP contribution is -2.26. The Morgan fingerprint density at radius 3 is 2.10 bits per heavy atom. The van der Waals surface area contributed by atoms with E-state index in [9.17, 15) is 26.4 Å². The van der Waals surface area contributed by atoms with E-state index in [1.807, 2.05) is 0 Å². The number of benzene rings is 2. The molecular formula is C20H22F3NO5S. The maximum absolute atomic E-state index is 12.2. The van der Waals surface area contributed by atoms with Crippen molar-refractivity contribution < 1.29 is 35.9 Å². The second-order valence-electron chi connectivity index (χ2n) is 6.64. The molecule has 0 aliphatic heterocycles. The fraction of sp³-hybridized carbons (Fsp3) is 0.350. The van der Waals surface area contributed by atoms with Crippen LogP contribution in [0.1, 0.15) is 18.4 Å². The molecule has 164 valence electrons. The van der Waals surface area contributed by atoms with Crippen molar-refractivity contribution in [3.63, 3.8) is 0 Å². The summed E-state index contributed by atoms with van der Waals surface area (Å²) in [5.74, 6) is 0.0490. The van der Waals surface area contributed by atoms with Crippen LogP contribution in [0.4, 0.5) is 13.2 Å². The summed E-state index contributed by atoms with van der Waals surface area (Å²) in [5, 5.41) is 0. The highest BCUT2D eigenvalue weighted by molar-refractivity contribution is 7.90. The van der Waals surface area contributed by atoms with Gasteiger partial charge in [0, 0.05) is 26.3 Å². The Morgan fingerprint density at radius 1 is 1.00 bits per heavy atom. The largest absolute Gasteiger partial charge is 0.573 e. The Balaban J connectivity index is 1.74. The van der Waals surface area contributed by atoms with Gasteiger partial charge in [-0.25, -0.2) is 8.42 Å². The summed E-state index contributed by atoms with van der Waals surface area (Å²) in [4.78, 5) is 13.9. The number of hydrogen-bond acceptors (Lipinski definition) is 5. The molecule has 0 saturated carbocycles. The molecule has 0 aliphatic rings. The zero-order valence-electron chi connectivity index (χ0n) is 16.5. The molecule has 1 amide bonds. The molecule has 2 aromatic rings. The van der Waals surface area contributed by atoms with Crippen molar-refractivity contribution in [2.45, 2.75) is 30.6 Å². The molecule has 0 aliphatic carbocycles. The van der Waals surface area contributed by atoms with Crippen LogP contribution in [0.3, 0.4) is 0 Å². The summed E-state index contributed by atoms with van der Waals surface area (Å²) in [6.45, 7) is 0.528. The smallest absolute Gasteiger partial charge is 0.494 e. The average molecular weight is 445 g/mol. The van der Waals surface area contributed by atoms with Crippen LogP contribution in [0, 0.1) is 0 Å². The quantitative estimate of drug-likeness (QED) is 0.549. The van der Waals surface area contributed by atoms with E-state index in [-0.39, 0.29) is 36.1 Å². The van der Waals surface area contributed by atoms with Gasteiger partial charge in [0.1, 0.15) is 11.5 Å². The summed E-state index contributed by atoms with van der Waals surface area (Å²) in [5.41, 5.74) is 0.669. The molecule has 0 radical (unpaired) electrons. The molecule has 0 fully saturated rings. The number of sulfone groups is 1. The third-order valence-electron chi connectivity index (χ3n) is 4.06. The maximum Gasteiger partial charge on any atom is 0.573 e. The minimum Gasteiger partial charge on any atom is -0.494 e. The molecule has 2 aromatic carbocycles. The van der Waals surface area contributed by atoms with Crippen LogP contribution in [0.2, 0.25) is 0 Å². The number of halogens is 3. The minimum absolute atomic E-state index is 0.137. The lowest BCUT2D eigenvalue weighted by Gasteiger charge is -2.18. The highest BCUT2D eigenvalue weighted by Crippen LogP contribution is 2.23. The number of alkyl halides is 3. The van der Waals surface area contributed by atoms with Gasteiger partial charge in [-0.1, -0.05) is 12.1 Å². The topological polar surface area (TPSA) is 72.9 Å². The van der Waals surface area contributed by atoms with Gasteiger partial charge in [0.15, 0.2) is 9.84 Å². The van der Waals surface area contributed by atoms with Crippen molar-refractivity contribution in [2.75, 3.05) is 19.9 Å². The molecule has 0 saturated heterocycles. The van der Waals surface area contributed by atoms with Crippen molar-refractivity contribution in [2.24, 2.45) is 0 Å². The molecule has 10 heteroatoms. The van der Waals surface area contributed by atoms with Gasteiger partial charge in [0.2, 0.25) is 5.91 Å². The molecule has 6 nitrogen and oxygen atoms in total. The standard InChI is InChI=1S/C20H22F3NO5S/c1-24(14-15-5-7-17(8-6-15)29-20(21,22)23)19(25)4-3-13-28-16-9-11-18(12-10-16)30(2,26)27/h5-12H,3-4,13-14H2,1-2H3. The Kier molecular flexibility index (Phi) is 7.71. The van der Waals surface area contributed by atoms with Crippen LogP contribution in [-0.4, -0.2) is 45.5 Å². The first-order valence-electron chi connectivity index (χ1n) is 8.95. The number of hydrogen-bond donors (Lipinski definition) is 0. The molecule has 0 N–H and O–H groups in total. The lowest BCUT2D eigenvalue weighted by molar-refractivity contribution is -0.274. The zero-order valence-corrected chi connectivity index (χ0v) is 17.3.